The molecule has 2 fully saturated rings. The van der Waals surface area contributed by atoms with E-state index in [2.05, 4.69) is 18.7 Å². The molecule has 2 atom stereocenters. The summed E-state index contributed by atoms with van der Waals surface area (Å²) in [6.45, 7) is 5.71. The van der Waals surface area contributed by atoms with Gasteiger partial charge in [0.25, 0.3) is 0 Å². The molecule has 0 unspecified atom stereocenters. The third-order valence-electron chi connectivity index (χ3n) is 4.06. The molecular formula is C13H22N2O3. The highest BCUT2D eigenvalue weighted by Gasteiger charge is 2.41. The first-order valence-electron chi connectivity index (χ1n) is 6.81. The summed E-state index contributed by atoms with van der Waals surface area (Å²) in [6, 6.07) is -0.371. The van der Waals surface area contributed by atoms with E-state index in [-0.39, 0.29) is 11.9 Å². The quantitative estimate of drug-likeness (QED) is 0.814. The Hall–Kier alpha value is -1.10. The molecule has 0 bridgehead atoms. The van der Waals surface area contributed by atoms with Crippen LogP contribution < -0.4 is 0 Å². The minimum atomic E-state index is -0.866. The molecule has 0 aromatic carbocycles. The Morgan fingerprint density at radius 2 is 1.72 bits per heavy atom. The molecular weight excluding hydrogens is 232 g/mol. The number of hydrogen-bond donors (Lipinski definition) is 1. The van der Waals surface area contributed by atoms with Crippen molar-refractivity contribution in [3.05, 3.63) is 0 Å². The summed E-state index contributed by atoms with van der Waals surface area (Å²) in [6.07, 6.45) is 3.28. The lowest BCUT2D eigenvalue weighted by atomic mass is 10.1. The Balaban J connectivity index is 2.08. The Labute approximate surface area is 108 Å². The first-order chi connectivity index (χ1) is 8.52. The molecule has 0 aliphatic carbocycles. The standard InChI is InChI=1S/C13H22N2O3/c1-9(2)14-7-3-5-10(14)12(16)15-8-4-6-11(15)13(17)18/h9-11H,3-8H2,1-2H3,(H,17,18)/t10-,11-/m0/s1. The maximum absolute atomic E-state index is 12.5. The predicted octanol–water partition coefficient (Wildman–Crippen LogP) is 0.935. The van der Waals surface area contributed by atoms with E-state index in [4.69, 9.17) is 5.11 Å². The average Bonchev–Trinajstić information content (AvgIpc) is 2.97. The predicted molar refractivity (Wildman–Crippen MR) is 67.2 cm³/mol. The molecule has 2 aliphatic heterocycles. The minimum absolute atomic E-state index is 0.0195. The van der Waals surface area contributed by atoms with Gasteiger partial charge in [-0.1, -0.05) is 0 Å². The second-order valence-corrected chi connectivity index (χ2v) is 5.52. The highest BCUT2D eigenvalue weighted by molar-refractivity contribution is 5.87. The molecule has 2 saturated heterocycles. The third kappa shape index (κ3) is 2.36. The fourth-order valence-electron chi connectivity index (χ4n) is 3.15. The smallest absolute Gasteiger partial charge is 0.326 e. The first kappa shape index (κ1) is 13.3. The normalized spacial score (nSPS) is 29.2. The highest BCUT2D eigenvalue weighted by atomic mass is 16.4. The van der Waals surface area contributed by atoms with Gasteiger partial charge < -0.3 is 10.0 Å². The van der Waals surface area contributed by atoms with Gasteiger partial charge >= 0.3 is 5.97 Å². The number of aliphatic carboxylic acids is 1. The fourth-order valence-corrected chi connectivity index (χ4v) is 3.15. The van der Waals surface area contributed by atoms with Gasteiger partial charge in [0.15, 0.2) is 0 Å². The van der Waals surface area contributed by atoms with E-state index in [0.29, 0.717) is 19.0 Å². The van der Waals surface area contributed by atoms with Crippen molar-refractivity contribution >= 4 is 11.9 Å². The molecule has 2 heterocycles. The van der Waals surface area contributed by atoms with Gasteiger partial charge in [0, 0.05) is 12.6 Å². The summed E-state index contributed by atoms with van der Waals surface area (Å²) >= 11 is 0. The van der Waals surface area contributed by atoms with E-state index in [0.717, 1.165) is 25.8 Å². The second kappa shape index (κ2) is 5.26. The summed E-state index contributed by atoms with van der Waals surface area (Å²) in [7, 11) is 0. The van der Waals surface area contributed by atoms with Crippen LogP contribution in [0.5, 0.6) is 0 Å². The maximum Gasteiger partial charge on any atom is 0.326 e. The number of likely N-dealkylation sites (tertiary alicyclic amines) is 2. The molecule has 0 aromatic rings. The van der Waals surface area contributed by atoms with Crippen molar-refractivity contribution in [2.45, 2.75) is 57.7 Å². The Kier molecular flexibility index (Phi) is 3.90. The van der Waals surface area contributed by atoms with Crippen LogP contribution in [-0.2, 0) is 9.59 Å². The van der Waals surface area contributed by atoms with Crippen LogP contribution in [-0.4, -0.2) is 58.0 Å². The Bertz CT molecular complexity index is 343. The summed E-state index contributed by atoms with van der Waals surface area (Å²) in [5.74, 6) is -0.846. The zero-order valence-electron chi connectivity index (χ0n) is 11.1. The van der Waals surface area contributed by atoms with Gasteiger partial charge in [0.05, 0.1) is 6.04 Å². The number of hydrogen-bond acceptors (Lipinski definition) is 3. The lowest BCUT2D eigenvalue weighted by Crippen LogP contribution is -2.51. The molecule has 5 heteroatoms. The van der Waals surface area contributed by atoms with E-state index >= 15 is 0 Å². The Morgan fingerprint density at radius 3 is 2.33 bits per heavy atom. The maximum atomic E-state index is 12.5. The number of carboxylic acid groups (broad SMARTS) is 1. The van der Waals surface area contributed by atoms with E-state index in [1.807, 2.05) is 0 Å². The van der Waals surface area contributed by atoms with Crippen molar-refractivity contribution in [3.8, 4) is 0 Å². The lowest BCUT2D eigenvalue weighted by Gasteiger charge is -2.32. The molecule has 1 amide bonds. The molecule has 0 aromatic heterocycles. The summed E-state index contributed by atoms with van der Waals surface area (Å²) in [5.41, 5.74) is 0. The van der Waals surface area contributed by atoms with Crippen LogP contribution in [0, 0.1) is 0 Å². The van der Waals surface area contributed by atoms with Gasteiger partial charge in [-0.3, -0.25) is 9.69 Å². The minimum Gasteiger partial charge on any atom is -0.480 e. The average molecular weight is 254 g/mol. The van der Waals surface area contributed by atoms with Crippen LogP contribution >= 0.6 is 0 Å². The van der Waals surface area contributed by atoms with Gasteiger partial charge in [-0.05, 0) is 46.1 Å². The van der Waals surface area contributed by atoms with Crippen molar-refractivity contribution in [1.29, 1.82) is 0 Å². The van der Waals surface area contributed by atoms with E-state index in [1.165, 1.54) is 0 Å². The summed E-state index contributed by atoms with van der Waals surface area (Å²) in [5, 5.41) is 9.14. The number of carboxylic acids is 1. The van der Waals surface area contributed by atoms with Gasteiger partial charge in [-0.15, -0.1) is 0 Å². The van der Waals surface area contributed by atoms with Gasteiger partial charge in [0.1, 0.15) is 6.04 Å². The number of rotatable bonds is 3. The summed E-state index contributed by atoms with van der Waals surface area (Å²) in [4.78, 5) is 27.4. The largest absolute Gasteiger partial charge is 0.480 e. The van der Waals surface area contributed by atoms with Crippen LogP contribution in [0.2, 0.25) is 0 Å². The molecule has 0 saturated carbocycles. The van der Waals surface area contributed by atoms with Crippen molar-refractivity contribution in [2.75, 3.05) is 13.1 Å². The molecule has 5 nitrogen and oxygen atoms in total. The SMILES string of the molecule is CC(C)N1CCC[C@H]1C(=O)N1CCC[C@H]1C(=O)O. The molecule has 2 aliphatic rings. The number of carbonyl (C=O) groups excluding carboxylic acids is 1. The molecule has 102 valence electrons. The molecule has 18 heavy (non-hydrogen) atoms. The number of amides is 1. The summed E-state index contributed by atoms with van der Waals surface area (Å²) < 4.78 is 0. The van der Waals surface area contributed by atoms with Crippen molar-refractivity contribution in [3.63, 3.8) is 0 Å². The van der Waals surface area contributed by atoms with Gasteiger partial charge in [-0.25, -0.2) is 4.79 Å². The molecule has 0 spiro atoms. The van der Waals surface area contributed by atoms with Crippen LogP contribution in [0.25, 0.3) is 0 Å². The topological polar surface area (TPSA) is 60.9 Å². The number of nitrogens with zero attached hydrogens (tertiary/aromatic N) is 2. The van der Waals surface area contributed by atoms with Crippen molar-refractivity contribution in [1.82, 2.24) is 9.80 Å². The lowest BCUT2D eigenvalue weighted by molar-refractivity contribution is -0.150. The van der Waals surface area contributed by atoms with E-state index < -0.39 is 12.0 Å². The third-order valence-corrected chi connectivity index (χ3v) is 4.06. The van der Waals surface area contributed by atoms with E-state index in [1.54, 1.807) is 4.90 Å². The second-order valence-electron chi connectivity index (χ2n) is 5.52. The fraction of sp³-hybridized carbons (Fsp3) is 0.846. The zero-order chi connectivity index (χ0) is 13.3. The van der Waals surface area contributed by atoms with Crippen LogP contribution in [0.4, 0.5) is 0 Å². The van der Waals surface area contributed by atoms with Crippen molar-refractivity contribution < 1.29 is 14.7 Å². The highest BCUT2D eigenvalue weighted by Crippen LogP contribution is 2.26. The number of carbonyl (C=O) groups is 2. The monoisotopic (exact) mass is 254 g/mol. The first-order valence-corrected chi connectivity index (χ1v) is 6.81. The van der Waals surface area contributed by atoms with Crippen molar-refractivity contribution in [2.24, 2.45) is 0 Å². The zero-order valence-corrected chi connectivity index (χ0v) is 11.1. The molecule has 0 radical (unpaired) electrons. The molecule has 1 N–H and O–H groups in total. The van der Waals surface area contributed by atoms with Gasteiger partial charge in [0.2, 0.25) is 5.91 Å². The van der Waals surface area contributed by atoms with Crippen LogP contribution in [0.15, 0.2) is 0 Å². The van der Waals surface area contributed by atoms with Crippen LogP contribution in [0.1, 0.15) is 39.5 Å². The van der Waals surface area contributed by atoms with Gasteiger partial charge in [-0.2, -0.15) is 0 Å². The molecule has 2 rings (SSSR count). The van der Waals surface area contributed by atoms with E-state index in [9.17, 15) is 9.59 Å². The van der Waals surface area contributed by atoms with Crippen LogP contribution in [0.3, 0.4) is 0 Å². The Morgan fingerprint density at radius 1 is 1.11 bits per heavy atom.